The Hall–Kier alpha value is -3.53. The van der Waals surface area contributed by atoms with Gasteiger partial charge in [-0.15, -0.1) is 10.2 Å². The Bertz CT molecular complexity index is 1220. The summed E-state index contributed by atoms with van der Waals surface area (Å²) in [5.74, 6) is 1.05. The number of hydrogen-bond acceptors (Lipinski definition) is 5. The second-order valence-corrected chi connectivity index (χ2v) is 8.53. The summed E-state index contributed by atoms with van der Waals surface area (Å²) in [4.78, 5) is 14.2. The zero-order valence-corrected chi connectivity index (χ0v) is 19.0. The lowest BCUT2D eigenvalue weighted by molar-refractivity contribution is -0.137. The number of rotatable bonds is 8. The molecule has 0 saturated carbocycles. The Labute approximate surface area is 198 Å². The molecule has 0 radical (unpaired) electrons. The minimum absolute atomic E-state index is 0.0994. The molecule has 0 unspecified atom stereocenters. The smallest absolute Gasteiger partial charge is 0.416 e. The highest BCUT2D eigenvalue weighted by atomic mass is 32.2. The van der Waals surface area contributed by atoms with Crippen LogP contribution in [0.1, 0.15) is 16.7 Å². The van der Waals surface area contributed by atoms with Gasteiger partial charge in [0.05, 0.1) is 24.1 Å². The molecule has 10 heteroatoms. The molecule has 0 saturated heterocycles. The number of furan rings is 1. The summed E-state index contributed by atoms with van der Waals surface area (Å²) in [6, 6.07) is 18.2. The van der Waals surface area contributed by atoms with Crippen LogP contribution in [0, 0.1) is 0 Å². The number of alkyl halides is 3. The van der Waals surface area contributed by atoms with Crippen molar-refractivity contribution in [2.75, 3.05) is 12.8 Å². The molecule has 0 aliphatic carbocycles. The van der Waals surface area contributed by atoms with Gasteiger partial charge in [-0.05, 0) is 35.4 Å². The molecule has 0 atom stereocenters. The summed E-state index contributed by atoms with van der Waals surface area (Å²) in [6.07, 6.45) is -2.83. The average molecular weight is 487 g/mol. The van der Waals surface area contributed by atoms with E-state index >= 15 is 0 Å². The first-order valence-electron chi connectivity index (χ1n) is 10.3. The number of carbonyl (C=O) groups excluding carboxylic acids is 1. The van der Waals surface area contributed by atoms with Gasteiger partial charge in [-0.3, -0.25) is 9.36 Å². The third kappa shape index (κ3) is 5.69. The fourth-order valence-electron chi connectivity index (χ4n) is 3.29. The van der Waals surface area contributed by atoms with Gasteiger partial charge in [0, 0.05) is 13.6 Å². The van der Waals surface area contributed by atoms with Crippen LogP contribution in [0.3, 0.4) is 0 Å². The van der Waals surface area contributed by atoms with Crippen molar-refractivity contribution in [2.45, 2.75) is 24.4 Å². The Morgan fingerprint density at radius 1 is 1.00 bits per heavy atom. The molecule has 0 aliphatic rings. The molecule has 34 heavy (non-hydrogen) atoms. The maximum atomic E-state index is 12.7. The third-order valence-corrected chi connectivity index (χ3v) is 6.04. The largest absolute Gasteiger partial charge is 0.461 e. The van der Waals surface area contributed by atoms with Crippen molar-refractivity contribution in [3.8, 4) is 11.6 Å². The van der Waals surface area contributed by atoms with Gasteiger partial charge in [0.1, 0.15) is 0 Å². The highest BCUT2D eigenvalue weighted by molar-refractivity contribution is 7.99. The molecule has 176 valence electrons. The van der Waals surface area contributed by atoms with Gasteiger partial charge in [0.15, 0.2) is 10.9 Å². The van der Waals surface area contributed by atoms with Gasteiger partial charge >= 0.3 is 6.18 Å². The average Bonchev–Trinajstić information content (AvgIpc) is 3.48. The van der Waals surface area contributed by atoms with Gasteiger partial charge in [-0.2, -0.15) is 13.2 Å². The number of thioether (sulfide) groups is 1. The van der Waals surface area contributed by atoms with Crippen LogP contribution in [0.4, 0.5) is 13.2 Å². The molecule has 2 aromatic heterocycles. The summed E-state index contributed by atoms with van der Waals surface area (Å²) in [5.41, 5.74) is 0.940. The van der Waals surface area contributed by atoms with E-state index in [4.69, 9.17) is 4.42 Å². The van der Waals surface area contributed by atoms with E-state index in [0.717, 1.165) is 17.7 Å². The van der Waals surface area contributed by atoms with Crippen LogP contribution in [0.5, 0.6) is 0 Å². The van der Waals surface area contributed by atoms with E-state index in [2.05, 4.69) is 10.2 Å². The van der Waals surface area contributed by atoms with E-state index in [-0.39, 0.29) is 18.2 Å². The molecular weight excluding hydrogens is 465 g/mol. The number of aromatic nitrogens is 3. The lowest BCUT2D eigenvalue weighted by atomic mass is 10.1. The Kier molecular flexibility index (Phi) is 7.06. The van der Waals surface area contributed by atoms with E-state index in [1.165, 1.54) is 28.8 Å². The van der Waals surface area contributed by atoms with E-state index < -0.39 is 11.7 Å². The molecule has 2 heterocycles. The predicted molar refractivity (Wildman–Crippen MR) is 122 cm³/mol. The number of hydrogen-bond donors (Lipinski definition) is 0. The zero-order chi connectivity index (χ0) is 24.1. The zero-order valence-electron chi connectivity index (χ0n) is 18.2. The number of halogens is 3. The SMILES string of the molecule is CN(Cc1ccc(C(F)(F)F)cc1)C(=O)CSc1nnc(-c2ccco2)n1Cc1ccccc1. The maximum Gasteiger partial charge on any atom is 0.416 e. The maximum absolute atomic E-state index is 12.7. The second-order valence-electron chi connectivity index (χ2n) is 7.59. The first kappa shape index (κ1) is 23.6. The molecule has 2 aromatic carbocycles. The van der Waals surface area contributed by atoms with Gasteiger partial charge in [0.25, 0.3) is 0 Å². The molecule has 0 aliphatic heterocycles. The lowest BCUT2D eigenvalue weighted by Gasteiger charge is -2.17. The normalized spacial score (nSPS) is 11.5. The quantitative estimate of drug-likeness (QED) is 0.314. The molecule has 4 rings (SSSR count). The van der Waals surface area contributed by atoms with Gasteiger partial charge < -0.3 is 9.32 Å². The van der Waals surface area contributed by atoms with Crippen LogP contribution in [0.2, 0.25) is 0 Å². The summed E-state index contributed by atoms with van der Waals surface area (Å²) < 4.78 is 45.6. The Balaban J connectivity index is 1.43. The predicted octanol–water partition coefficient (Wildman–Crippen LogP) is 5.36. The van der Waals surface area contributed by atoms with Crippen molar-refractivity contribution in [1.29, 1.82) is 0 Å². The van der Waals surface area contributed by atoms with Crippen LogP contribution in [-0.2, 0) is 24.1 Å². The summed E-state index contributed by atoms with van der Waals surface area (Å²) >= 11 is 1.24. The molecule has 0 fully saturated rings. The highest BCUT2D eigenvalue weighted by Crippen LogP contribution is 2.29. The van der Waals surface area contributed by atoms with Crippen LogP contribution < -0.4 is 0 Å². The van der Waals surface area contributed by atoms with Crippen molar-refractivity contribution >= 4 is 17.7 Å². The second kappa shape index (κ2) is 10.2. The van der Waals surface area contributed by atoms with Crippen LogP contribution >= 0.6 is 11.8 Å². The molecule has 0 N–H and O–H groups in total. The van der Waals surface area contributed by atoms with Crippen LogP contribution in [-0.4, -0.2) is 38.4 Å². The first-order chi connectivity index (χ1) is 16.3. The highest BCUT2D eigenvalue weighted by Gasteiger charge is 2.30. The molecule has 1 amide bonds. The number of benzene rings is 2. The van der Waals surface area contributed by atoms with Crippen molar-refractivity contribution in [1.82, 2.24) is 19.7 Å². The molecular formula is C24H21F3N4O2S. The summed E-state index contributed by atoms with van der Waals surface area (Å²) in [7, 11) is 1.61. The van der Waals surface area contributed by atoms with Crippen molar-refractivity contribution in [2.24, 2.45) is 0 Å². The minimum Gasteiger partial charge on any atom is -0.461 e. The minimum atomic E-state index is -4.39. The van der Waals surface area contributed by atoms with Crippen molar-refractivity contribution < 1.29 is 22.4 Å². The van der Waals surface area contributed by atoms with Crippen molar-refractivity contribution in [3.63, 3.8) is 0 Å². The molecule has 0 bridgehead atoms. The van der Waals surface area contributed by atoms with Crippen molar-refractivity contribution in [3.05, 3.63) is 89.7 Å². The van der Waals surface area contributed by atoms with E-state index in [1.807, 2.05) is 34.9 Å². The fourth-order valence-corrected chi connectivity index (χ4v) is 4.17. The third-order valence-electron chi connectivity index (χ3n) is 5.09. The first-order valence-corrected chi connectivity index (χ1v) is 11.3. The Morgan fingerprint density at radius 3 is 2.38 bits per heavy atom. The summed E-state index contributed by atoms with van der Waals surface area (Å²) in [5, 5.41) is 9.07. The summed E-state index contributed by atoms with van der Waals surface area (Å²) in [6.45, 7) is 0.702. The van der Waals surface area contributed by atoms with Gasteiger partial charge in [-0.1, -0.05) is 54.2 Å². The molecule has 6 nitrogen and oxygen atoms in total. The van der Waals surface area contributed by atoms with Gasteiger partial charge in [0.2, 0.25) is 11.7 Å². The lowest BCUT2D eigenvalue weighted by Crippen LogP contribution is -2.28. The van der Waals surface area contributed by atoms with E-state index in [1.54, 1.807) is 25.4 Å². The molecule has 0 spiro atoms. The molecule has 4 aromatic rings. The monoisotopic (exact) mass is 486 g/mol. The number of amides is 1. The van der Waals surface area contributed by atoms with Crippen LogP contribution in [0.25, 0.3) is 11.6 Å². The van der Waals surface area contributed by atoms with Gasteiger partial charge in [-0.25, -0.2) is 0 Å². The van der Waals surface area contributed by atoms with E-state index in [9.17, 15) is 18.0 Å². The standard InChI is InChI=1S/C24H21F3N4O2S/c1-30(14-18-9-11-19(12-10-18)24(25,26)27)21(32)16-34-23-29-28-22(20-8-5-13-33-20)31(23)15-17-6-3-2-4-7-17/h2-13H,14-16H2,1H3. The number of carbonyl (C=O) groups is 1. The topological polar surface area (TPSA) is 64.2 Å². The fraction of sp³-hybridized carbons (Fsp3) is 0.208. The Morgan fingerprint density at radius 2 is 1.74 bits per heavy atom. The number of nitrogens with zero attached hydrogens (tertiary/aromatic N) is 4. The van der Waals surface area contributed by atoms with E-state index in [0.29, 0.717) is 28.8 Å². The van der Waals surface area contributed by atoms with Crippen LogP contribution in [0.15, 0.2) is 82.6 Å².